The lowest BCUT2D eigenvalue weighted by atomic mass is 10.0. The van der Waals surface area contributed by atoms with Crippen LogP contribution in [0.25, 0.3) is 0 Å². The van der Waals surface area contributed by atoms with E-state index in [0.29, 0.717) is 6.42 Å². The van der Waals surface area contributed by atoms with Crippen LogP contribution in [0.3, 0.4) is 0 Å². The van der Waals surface area contributed by atoms with E-state index in [1.54, 1.807) is 13.8 Å². The van der Waals surface area contributed by atoms with Crippen LogP contribution in [0.5, 0.6) is 0 Å². The average Bonchev–Trinajstić information content (AvgIpc) is 2.95. The van der Waals surface area contributed by atoms with Crippen LogP contribution >= 0.6 is 14.3 Å². The summed E-state index contributed by atoms with van der Waals surface area (Å²) in [5, 5.41) is 0. The normalized spacial score (nSPS) is 28.4. The molecule has 1 aromatic heterocycles. The van der Waals surface area contributed by atoms with Crippen molar-refractivity contribution in [1.82, 2.24) is 9.55 Å². The number of H-pyrrole nitrogens is 1. The summed E-state index contributed by atoms with van der Waals surface area (Å²) in [6.45, 7) is -0.253. The van der Waals surface area contributed by atoms with Crippen LogP contribution in [0.1, 0.15) is 32.7 Å². The van der Waals surface area contributed by atoms with E-state index in [0.717, 1.165) is 7.11 Å². The molecule has 1 saturated carbocycles. The summed E-state index contributed by atoms with van der Waals surface area (Å²) >= 11 is 5.11. The van der Waals surface area contributed by atoms with Crippen molar-refractivity contribution in [3.63, 3.8) is 0 Å². The number of ether oxygens (including phenoxy) is 1. The van der Waals surface area contributed by atoms with E-state index in [9.17, 15) is 23.9 Å². The molecule has 11 nitrogen and oxygen atoms in total. The molecule has 0 radical (unpaired) electrons. The van der Waals surface area contributed by atoms with Crippen molar-refractivity contribution < 1.29 is 32.7 Å². The molecule has 3 N–H and O–H groups in total. The van der Waals surface area contributed by atoms with Gasteiger partial charge in [-0.3, -0.25) is 18.9 Å². The number of nitrogens with zero attached hydrogens (tertiary/aromatic N) is 1. The Kier molecular flexibility index (Phi) is 8.77. The van der Waals surface area contributed by atoms with Crippen LogP contribution in [0.2, 0.25) is 0 Å². The molecule has 14 heteroatoms. The largest absolute Gasteiger partial charge is 0.377 e. The third-order valence-corrected chi connectivity index (χ3v) is 7.97. The number of rotatable bonds is 10. The van der Waals surface area contributed by atoms with E-state index in [1.807, 2.05) is 0 Å². The predicted octanol–water partition coefficient (Wildman–Crippen LogP) is 1.36. The molecule has 30 heavy (non-hydrogen) atoms. The van der Waals surface area contributed by atoms with E-state index < -0.39 is 49.7 Å². The minimum absolute atomic E-state index is 0.156. The van der Waals surface area contributed by atoms with E-state index in [2.05, 4.69) is 9.51 Å². The van der Waals surface area contributed by atoms with Gasteiger partial charge < -0.3 is 28.1 Å². The zero-order valence-electron chi connectivity index (χ0n) is 17.2. The predicted molar refractivity (Wildman–Crippen MR) is 113 cm³/mol. The van der Waals surface area contributed by atoms with E-state index >= 15 is 0 Å². The summed E-state index contributed by atoms with van der Waals surface area (Å²) < 4.78 is 34.6. The molecule has 2 rings (SSSR count). The quantitative estimate of drug-likeness (QED) is 0.414. The van der Waals surface area contributed by atoms with E-state index in [4.69, 9.17) is 25.6 Å². The van der Waals surface area contributed by atoms with Crippen molar-refractivity contribution >= 4 is 26.1 Å². The number of hydrogen-bond donors (Lipinski definition) is 3. The van der Waals surface area contributed by atoms with Crippen LogP contribution in [0.15, 0.2) is 21.9 Å². The number of aromatic amines is 1. The Balaban J connectivity index is 2.38. The lowest BCUT2D eigenvalue weighted by molar-refractivity contribution is -0.0211. The summed E-state index contributed by atoms with van der Waals surface area (Å²) in [4.78, 5) is 46.2. The molecule has 0 amide bonds. The lowest BCUT2D eigenvalue weighted by Crippen LogP contribution is -2.38. The molecule has 2 unspecified atom stereocenters. The van der Waals surface area contributed by atoms with E-state index in [1.165, 1.54) is 23.9 Å². The van der Waals surface area contributed by atoms with Crippen molar-refractivity contribution in [2.75, 3.05) is 20.4 Å². The second kappa shape index (κ2) is 10.3. The third kappa shape index (κ3) is 6.66. The summed E-state index contributed by atoms with van der Waals surface area (Å²) in [6, 6.07) is 0.645. The van der Waals surface area contributed by atoms with Gasteiger partial charge in [0.05, 0.1) is 24.4 Å². The van der Waals surface area contributed by atoms with Gasteiger partial charge in [0.2, 0.25) is 0 Å². The van der Waals surface area contributed by atoms with E-state index in [-0.39, 0.29) is 18.7 Å². The Morgan fingerprint density at radius 2 is 1.97 bits per heavy atom. The first-order valence-corrected chi connectivity index (χ1v) is 13.7. The van der Waals surface area contributed by atoms with Gasteiger partial charge in [-0.05, 0) is 44.4 Å². The van der Waals surface area contributed by atoms with Crippen molar-refractivity contribution in [2.24, 2.45) is 5.92 Å². The first-order chi connectivity index (χ1) is 13.9. The van der Waals surface area contributed by atoms with Gasteiger partial charge in [-0.15, -0.1) is 0 Å². The molecule has 1 heterocycles. The van der Waals surface area contributed by atoms with Gasteiger partial charge in [0, 0.05) is 26.5 Å². The monoisotopic (exact) mass is 486 g/mol. The van der Waals surface area contributed by atoms with Crippen molar-refractivity contribution in [3.8, 4) is 0 Å². The number of aromatic nitrogens is 2. The smallest absolute Gasteiger partial charge is 0.328 e. The van der Waals surface area contributed by atoms with Gasteiger partial charge >= 0.3 is 20.0 Å². The summed E-state index contributed by atoms with van der Waals surface area (Å²) in [5.41, 5.74) is -1.16. The van der Waals surface area contributed by atoms with Crippen molar-refractivity contribution in [3.05, 3.63) is 33.1 Å². The molecule has 0 spiro atoms. The molecular formula is C16H28N2O9P2S. The highest BCUT2D eigenvalue weighted by Crippen LogP contribution is 2.53. The Labute approximate surface area is 179 Å². The maximum atomic E-state index is 12.3. The second-order valence-electron chi connectivity index (χ2n) is 7.31. The fraction of sp³-hybridized carbons (Fsp3) is 0.750. The molecule has 0 bridgehead atoms. The highest BCUT2D eigenvalue weighted by atomic mass is 32.5. The lowest BCUT2D eigenvalue weighted by Gasteiger charge is -2.30. The Morgan fingerprint density at radius 3 is 2.50 bits per heavy atom. The molecule has 172 valence electrons. The molecule has 0 aromatic carbocycles. The Bertz CT molecular complexity index is 934. The number of methoxy groups -OCH3 is 1. The number of hydrogen-bond acceptors (Lipinski definition) is 8. The second-order valence-corrected chi connectivity index (χ2v) is 12.1. The van der Waals surface area contributed by atoms with Crippen LogP contribution in [0.4, 0.5) is 0 Å². The van der Waals surface area contributed by atoms with Gasteiger partial charge in [-0.2, -0.15) is 0 Å². The maximum absolute atomic E-state index is 12.3. The fourth-order valence-electron chi connectivity index (χ4n) is 3.61. The minimum Gasteiger partial charge on any atom is -0.377 e. The van der Waals surface area contributed by atoms with Crippen LogP contribution in [0, 0.1) is 5.92 Å². The molecule has 0 aliphatic heterocycles. The number of nitrogens with one attached hydrogen (secondary N) is 1. The van der Waals surface area contributed by atoms with Gasteiger partial charge in [-0.1, -0.05) is 0 Å². The first kappa shape index (κ1) is 25.6. The zero-order valence-corrected chi connectivity index (χ0v) is 19.8. The Hall–Kier alpha value is -0.680. The first-order valence-electron chi connectivity index (χ1n) is 9.30. The van der Waals surface area contributed by atoms with Crippen molar-refractivity contribution in [1.29, 1.82) is 0 Å². The van der Waals surface area contributed by atoms with Gasteiger partial charge in [0.25, 0.3) is 5.56 Å². The fourth-order valence-corrected chi connectivity index (χ4v) is 6.45. The highest BCUT2D eigenvalue weighted by Gasteiger charge is 2.48. The maximum Gasteiger partial charge on any atom is 0.328 e. The molecule has 1 aliphatic carbocycles. The van der Waals surface area contributed by atoms with Gasteiger partial charge in [-0.25, -0.2) is 4.79 Å². The summed E-state index contributed by atoms with van der Waals surface area (Å²) in [6.07, 6.45) is -0.228. The Morgan fingerprint density at radius 1 is 1.30 bits per heavy atom. The third-order valence-electron chi connectivity index (χ3n) is 4.86. The summed E-state index contributed by atoms with van der Waals surface area (Å²) in [5.74, 6) is -0.403. The van der Waals surface area contributed by atoms with Crippen molar-refractivity contribution in [2.45, 2.75) is 51.0 Å². The SMILES string of the molecule is CO[C@@H]1[C@H](OP(O)(=S)OC(C)C)[C@@H](CCP(=O)(O)OC)C[C@@H]1n1ccc(=O)[nH]c1=O. The molecule has 0 saturated heterocycles. The average molecular weight is 486 g/mol. The minimum atomic E-state index is -3.79. The molecule has 1 fully saturated rings. The standard InChI is InChI=1S/C16H28N2O9P2S/c1-10(2)26-29(23,30)27-14-11(6-8-28(21,22)25-4)9-12(15(14)24-3)18-7-5-13(19)17-16(18)20/h5,7,10-12,14-15H,6,8-9H2,1-4H3,(H,21,22)(H,23,30)(H,17,19,20)/t11-,12-,14+,15-,29?/m0/s1. The highest BCUT2D eigenvalue weighted by molar-refractivity contribution is 8.07. The zero-order chi connectivity index (χ0) is 22.7. The molecule has 1 aliphatic rings. The van der Waals surface area contributed by atoms with Crippen LogP contribution < -0.4 is 11.2 Å². The van der Waals surface area contributed by atoms with Crippen LogP contribution in [-0.2, 0) is 34.7 Å². The summed E-state index contributed by atoms with van der Waals surface area (Å²) in [7, 11) is -1.22. The molecule has 6 atom stereocenters. The van der Waals surface area contributed by atoms with Gasteiger partial charge in [0.1, 0.15) is 6.10 Å². The molecular weight excluding hydrogens is 458 g/mol. The van der Waals surface area contributed by atoms with Crippen LogP contribution in [-0.4, -0.2) is 58.0 Å². The topological polar surface area (TPSA) is 149 Å². The molecule has 1 aromatic rings. The van der Waals surface area contributed by atoms with Gasteiger partial charge in [0.15, 0.2) is 0 Å².